The molecule has 3 rings (SSSR count). The van der Waals surface area contributed by atoms with Gasteiger partial charge in [-0.2, -0.15) is 0 Å². The maximum atomic E-state index is 2.49. The molecule has 26 heavy (non-hydrogen) atoms. The topological polar surface area (TPSA) is 0 Å². The van der Waals surface area contributed by atoms with Crippen LogP contribution in [0.4, 0.5) is 0 Å². The summed E-state index contributed by atoms with van der Waals surface area (Å²) in [5.41, 5.74) is 0. The summed E-state index contributed by atoms with van der Waals surface area (Å²) in [6, 6.07) is 34.8. The second-order valence-corrected chi connectivity index (χ2v) is 52.5. The summed E-state index contributed by atoms with van der Waals surface area (Å²) in [7, 11) is -2.16. The van der Waals surface area contributed by atoms with Crippen molar-refractivity contribution in [2.45, 2.75) is 36.5 Å². The fourth-order valence-corrected chi connectivity index (χ4v) is 82.0. The monoisotopic (exact) mass is 512 g/mol. The first-order valence-corrected chi connectivity index (χ1v) is 27.1. The van der Waals surface area contributed by atoms with Crippen LogP contribution in [0, 0.1) is 0 Å². The van der Waals surface area contributed by atoms with Crippen LogP contribution < -0.4 is 10.7 Å². The molecule has 3 aromatic carbocycles. The van der Waals surface area contributed by atoms with Gasteiger partial charge in [-0.05, 0) is 0 Å². The predicted octanol–water partition coefficient (Wildman–Crippen LogP) is 4.74. The van der Waals surface area contributed by atoms with Gasteiger partial charge in [0, 0.05) is 0 Å². The summed E-state index contributed by atoms with van der Waals surface area (Å²) in [6.45, 7) is 7.48. The fraction of sp³-hybridized carbons (Fsp3) is 0.250. The molecule has 0 saturated heterocycles. The molecule has 0 aliphatic rings. The average Bonchev–Trinajstić information content (AvgIpc) is 2.74. The Balaban J connectivity index is 2.47. The molecular formula is C24H30GeSn. The number of hydrogen-bond acceptors (Lipinski definition) is 0. The molecule has 0 aliphatic carbocycles. The van der Waals surface area contributed by atoms with E-state index in [2.05, 4.69) is 112 Å². The maximum absolute atomic E-state index is 3.06. The third-order valence-electron chi connectivity index (χ3n) is 6.45. The van der Waals surface area contributed by atoms with Crippen LogP contribution in [0.2, 0.25) is 15.8 Å². The first-order valence-electron chi connectivity index (χ1n) is 9.91. The molecule has 0 nitrogen and oxygen atoms in total. The molecule has 134 valence electrons. The van der Waals surface area contributed by atoms with Crippen molar-refractivity contribution in [3.8, 4) is 0 Å². The van der Waals surface area contributed by atoms with Crippen molar-refractivity contribution in [3.63, 3.8) is 0 Å². The summed E-state index contributed by atoms with van der Waals surface area (Å²) in [6.07, 6.45) is 0. The van der Waals surface area contributed by atoms with Gasteiger partial charge in [0.25, 0.3) is 0 Å². The first-order chi connectivity index (χ1) is 12.7. The van der Waals surface area contributed by atoms with Gasteiger partial charge in [0.05, 0.1) is 0 Å². The van der Waals surface area contributed by atoms with E-state index in [0.29, 0.717) is 0 Å². The molecule has 0 atom stereocenters. The van der Waals surface area contributed by atoms with E-state index in [1.807, 2.05) is 0 Å². The Morgan fingerprint density at radius 3 is 1.00 bits per heavy atom. The second kappa shape index (κ2) is 8.79. The van der Waals surface area contributed by atoms with Crippen molar-refractivity contribution in [2.75, 3.05) is 0 Å². The Bertz CT molecular complexity index is 690. The minimum atomic E-state index is -3.06. The molecule has 2 heteroatoms. The number of rotatable bonds is 7. The summed E-state index contributed by atoms with van der Waals surface area (Å²) in [5, 5.41) is 4.26. The summed E-state index contributed by atoms with van der Waals surface area (Å²) in [5.74, 6) is 0. The van der Waals surface area contributed by atoms with Crippen LogP contribution in [0.15, 0.2) is 91.0 Å². The van der Waals surface area contributed by atoms with Crippen molar-refractivity contribution < 1.29 is 0 Å². The molecule has 0 aromatic heterocycles. The standard InChI is InChI=1S/C6H15Ge.3C6H5.Sn/c1-4-7(5-2)6-3;3*1-2-4-6-5-3-1;/h4-6H2,1-3H3;3*1-5H;. The minimum absolute atomic E-state index is 1.42. The Hall–Kier alpha value is -0.998. The normalized spacial score (nSPS) is 12.1. The van der Waals surface area contributed by atoms with Gasteiger partial charge >= 0.3 is 164 Å². The van der Waals surface area contributed by atoms with Crippen LogP contribution in [0.25, 0.3) is 0 Å². The predicted molar refractivity (Wildman–Crippen MR) is 121 cm³/mol. The van der Waals surface area contributed by atoms with Gasteiger partial charge in [-0.25, -0.2) is 0 Å². The van der Waals surface area contributed by atoms with Crippen LogP contribution in [0.1, 0.15) is 20.8 Å². The third kappa shape index (κ3) is 3.20. The first kappa shape index (κ1) is 19.8. The van der Waals surface area contributed by atoms with Crippen LogP contribution in [0.5, 0.6) is 0 Å². The van der Waals surface area contributed by atoms with Gasteiger partial charge in [0.2, 0.25) is 0 Å². The molecule has 0 N–H and O–H groups in total. The molecule has 0 spiro atoms. The zero-order valence-electron chi connectivity index (χ0n) is 16.3. The van der Waals surface area contributed by atoms with Crippen molar-refractivity contribution in [3.05, 3.63) is 91.0 Å². The SMILES string of the molecule is C[CH2][Ge]([CH2]C)([CH2]C)[Sn]([c]1ccccc1)([c]1ccccc1)[c]1ccccc1. The second-order valence-electron chi connectivity index (χ2n) is 7.19. The summed E-state index contributed by atoms with van der Waals surface area (Å²) in [4.78, 5) is 0. The van der Waals surface area contributed by atoms with Crippen molar-refractivity contribution in [1.82, 2.24) is 0 Å². The van der Waals surface area contributed by atoms with Gasteiger partial charge in [0.15, 0.2) is 0 Å². The van der Waals surface area contributed by atoms with E-state index in [-0.39, 0.29) is 0 Å². The van der Waals surface area contributed by atoms with E-state index < -0.39 is 26.0 Å². The van der Waals surface area contributed by atoms with Crippen molar-refractivity contribution >= 4 is 36.7 Å². The molecule has 3 aromatic rings. The fourth-order valence-electron chi connectivity index (χ4n) is 5.03. The van der Waals surface area contributed by atoms with E-state index in [4.69, 9.17) is 0 Å². The molecule has 0 fully saturated rings. The summed E-state index contributed by atoms with van der Waals surface area (Å²) >= 11 is -3.06. The Labute approximate surface area is 163 Å². The number of hydrogen-bond donors (Lipinski definition) is 0. The molecule has 0 amide bonds. The van der Waals surface area contributed by atoms with Crippen molar-refractivity contribution in [1.29, 1.82) is 0 Å². The van der Waals surface area contributed by atoms with Crippen LogP contribution in [-0.2, 0) is 0 Å². The Morgan fingerprint density at radius 1 is 0.500 bits per heavy atom. The van der Waals surface area contributed by atoms with Gasteiger partial charge in [-0.15, -0.1) is 0 Å². The average molecular weight is 510 g/mol. The van der Waals surface area contributed by atoms with E-state index in [1.54, 1.807) is 10.7 Å². The van der Waals surface area contributed by atoms with E-state index >= 15 is 0 Å². The van der Waals surface area contributed by atoms with E-state index in [0.717, 1.165) is 0 Å². The molecule has 0 unspecified atom stereocenters. The summed E-state index contributed by atoms with van der Waals surface area (Å²) < 4.78 is 5.05. The zero-order valence-corrected chi connectivity index (χ0v) is 21.2. The van der Waals surface area contributed by atoms with Gasteiger partial charge in [0.1, 0.15) is 0 Å². The molecule has 0 bridgehead atoms. The molecule has 0 aliphatic heterocycles. The van der Waals surface area contributed by atoms with Crippen molar-refractivity contribution in [2.24, 2.45) is 0 Å². The van der Waals surface area contributed by atoms with Crippen LogP contribution in [-0.4, -0.2) is 26.0 Å². The van der Waals surface area contributed by atoms with Gasteiger partial charge in [-0.3, -0.25) is 0 Å². The third-order valence-corrected chi connectivity index (χ3v) is 80.1. The van der Waals surface area contributed by atoms with Crippen LogP contribution >= 0.6 is 0 Å². The molecule has 0 heterocycles. The van der Waals surface area contributed by atoms with Crippen LogP contribution in [0.3, 0.4) is 0 Å². The van der Waals surface area contributed by atoms with E-state index in [1.165, 1.54) is 15.8 Å². The Kier molecular flexibility index (Phi) is 6.68. The number of benzene rings is 3. The molecule has 0 radical (unpaired) electrons. The Morgan fingerprint density at radius 2 is 0.769 bits per heavy atom. The van der Waals surface area contributed by atoms with E-state index in [9.17, 15) is 0 Å². The zero-order chi connectivity index (χ0) is 18.5. The van der Waals surface area contributed by atoms with Gasteiger partial charge in [-0.1, -0.05) is 0 Å². The molecule has 0 saturated carbocycles. The van der Waals surface area contributed by atoms with Gasteiger partial charge < -0.3 is 0 Å². The molecular weight excluding hydrogens is 480 g/mol. The quantitative estimate of drug-likeness (QED) is 0.404.